The van der Waals surface area contributed by atoms with E-state index in [1.54, 1.807) is 28.1 Å². The number of carbonyl (C=O) groups is 2. The van der Waals surface area contributed by atoms with Crippen molar-refractivity contribution in [1.29, 1.82) is 5.26 Å². The van der Waals surface area contributed by atoms with Crippen molar-refractivity contribution in [3.8, 4) is 17.6 Å². The molecule has 0 aliphatic carbocycles. The Kier molecular flexibility index (Phi) is 18.4. The molecule has 68 heavy (non-hydrogen) atoms. The van der Waals surface area contributed by atoms with Crippen LogP contribution in [-0.4, -0.2) is 116 Å². The summed E-state index contributed by atoms with van der Waals surface area (Å²) in [5.74, 6) is -0.577. The van der Waals surface area contributed by atoms with Crippen LogP contribution in [0.1, 0.15) is 70.9 Å². The smallest absolute Gasteiger partial charge is 0.338 e. The predicted molar refractivity (Wildman–Crippen MR) is 245 cm³/mol. The molecule has 0 amide bonds. The first-order chi connectivity index (χ1) is 32.8. The van der Waals surface area contributed by atoms with Gasteiger partial charge in [0, 0.05) is 24.3 Å². The van der Waals surface area contributed by atoms with Crippen LogP contribution in [0.15, 0.2) is 101 Å². The van der Waals surface area contributed by atoms with Gasteiger partial charge in [0.2, 0.25) is 0 Å². The molecule has 0 radical (unpaired) electrons. The van der Waals surface area contributed by atoms with E-state index in [-0.39, 0.29) is 44.9 Å². The molecule has 1 aromatic heterocycles. The number of H-pyrrole nitrogens is 1. The molecule has 0 bridgehead atoms. The summed E-state index contributed by atoms with van der Waals surface area (Å²) in [6.07, 6.45) is -7.11. The Hall–Kier alpha value is -5.52. The molecule has 7 atom stereocenters. The molecule has 2 fully saturated rings. The average Bonchev–Trinajstić information content (AvgIpc) is 3.91. The number of methoxy groups -OCH3 is 2. The Balaban J connectivity index is 1.53. The normalized spacial score (nSPS) is 22.0. The number of hydrogen-bond donors (Lipinski definition) is 1. The molecular formula is C48H59N4O15P. The summed E-state index contributed by atoms with van der Waals surface area (Å²) >= 11 is 0. The lowest BCUT2D eigenvalue weighted by Gasteiger charge is -2.39. The summed E-state index contributed by atoms with van der Waals surface area (Å²) in [5, 5.41) is 9.55. The number of aromatic amines is 1. The van der Waals surface area contributed by atoms with Crippen LogP contribution in [0.25, 0.3) is 0 Å². The zero-order chi connectivity index (χ0) is 49.0. The van der Waals surface area contributed by atoms with Gasteiger partial charge in [-0.1, -0.05) is 54.6 Å². The van der Waals surface area contributed by atoms with Crippen molar-refractivity contribution >= 4 is 20.5 Å². The number of nitriles is 1. The number of nitrogens with zero attached hydrogens (tertiary/aromatic N) is 3. The van der Waals surface area contributed by atoms with Crippen molar-refractivity contribution in [2.24, 2.45) is 0 Å². The van der Waals surface area contributed by atoms with Gasteiger partial charge < -0.3 is 51.7 Å². The monoisotopic (exact) mass is 962 g/mol. The Morgan fingerprint density at radius 3 is 1.82 bits per heavy atom. The van der Waals surface area contributed by atoms with Gasteiger partial charge in [0.05, 0.1) is 53.1 Å². The summed E-state index contributed by atoms with van der Waals surface area (Å²) < 4.78 is 70.8. The van der Waals surface area contributed by atoms with Crippen LogP contribution in [0.2, 0.25) is 0 Å². The Morgan fingerprint density at radius 2 is 1.34 bits per heavy atom. The lowest BCUT2D eigenvalue weighted by atomic mass is 9.80. The standard InChI is InChI=1S/C48H59N4O15P/c1-9-59-44(54)41-42(45(55)60-10-2)66-47(65-41)64-40-39(67-68(62-28-14-26-49)52(30(3)4)31(5)6)37(63-43(40)51-27-25-38(53)50-46(51)56)29-61-48(32-15-12-11-13-16-32,33-17-21-35(57-7)22-18-33)34-19-23-36(58-8)24-20-34/h11-13,15-25,27,30-31,37,39-43,47H,9-10,14,28-29H2,1-8H3,(H,50,53,56)/t37-,39-,40-,41?,42?,43-,47?,68?/m0/s1. The van der Waals surface area contributed by atoms with E-state index in [2.05, 4.69) is 11.1 Å². The summed E-state index contributed by atoms with van der Waals surface area (Å²) in [6, 6.07) is 27.4. The largest absolute Gasteiger partial charge is 0.497 e. The predicted octanol–water partition coefficient (Wildman–Crippen LogP) is 5.70. The summed E-state index contributed by atoms with van der Waals surface area (Å²) in [5.41, 5.74) is -0.722. The molecule has 2 aliphatic rings. The molecule has 1 N–H and O–H groups in total. The molecule has 2 aliphatic heterocycles. The van der Waals surface area contributed by atoms with Crippen molar-refractivity contribution in [3.63, 3.8) is 0 Å². The van der Waals surface area contributed by atoms with E-state index in [4.69, 9.17) is 51.7 Å². The highest BCUT2D eigenvalue weighted by Crippen LogP contribution is 2.51. The third kappa shape index (κ3) is 11.8. The molecular weight excluding hydrogens is 904 g/mol. The van der Waals surface area contributed by atoms with Crippen molar-refractivity contribution < 1.29 is 61.3 Å². The van der Waals surface area contributed by atoms with Gasteiger partial charge in [0.25, 0.3) is 20.6 Å². The topological polar surface area (TPSA) is 218 Å². The number of rotatable bonds is 23. The maximum atomic E-state index is 13.7. The summed E-state index contributed by atoms with van der Waals surface area (Å²) in [7, 11) is 1.09. The van der Waals surface area contributed by atoms with Crippen LogP contribution in [-0.2, 0) is 57.4 Å². The second kappa shape index (κ2) is 24.2. The highest BCUT2D eigenvalue weighted by atomic mass is 31.2. The zero-order valence-electron chi connectivity index (χ0n) is 39.3. The van der Waals surface area contributed by atoms with Crippen LogP contribution in [0.5, 0.6) is 11.5 Å². The molecule has 4 aromatic rings. The van der Waals surface area contributed by atoms with E-state index in [1.807, 2.05) is 111 Å². The number of ether oxygens (including phenoxy) is 9. The van der Waals surface area contributed by atoms with Crippen LogP contribution in [0, 0.1) is 11.3 Å². The minimum atomic E-state index is -2.06. The van der Waals surface area contributed by atoms with Gasteiger partial charge in [-0.05, 0) is 82.5 Å². The van der Waals surface area contributed by atoms with Gasteiger partial charge in [0.1, 0.15) is 35.4 Å². The Labute approximate surface area is 396 Å². The van der Waals surface area contributed by atoms with Gasteiger partial charge in [-0.2, -0.15) is 5.26 Å². The van der Waals surface area contributed by atoms with Gasteiger partial charge in [-0.25, -0.2) is 19.1 Å². The van der Waals surface area contributed by atoms with E-state index in [0.717, 1.165) is 16.2 Å². The van der Waals surface area contributed by atoms with E-state index in [9.17, 15) is 24.4 Å². The molecule has 2 saturated heterocycles. The fourth-order valence-corrected chi connectivity index (χ4v) is 9.83. The Bertz CT molecular complexity index is 2330. The highest BCUT2D eigenvalue weighted by Gasteiger charge is 2.55. The van der Waals surface area contributed by atoms with Crippen LogP contribution >= 0.6 is 8.53 Å². The van der Waals surface area contributed by atoms with E-state index >= 15 is 0 Å². The summed E-state index contributed by atoms with van der Waals surface area (Å²) in [6.45, 7) is 8.99. The maximum Gasteiger partial charge on any atom is 0.338 e. The van der Waals surface area contributed by atoms with Crippen molar-refractivity contribution in [3.05, 3.63) is 129 Å². The van der Waals surface area contributed by atoms with E-state index in [0.29, 0.717) is 22.6 Å². The molecule has 0 saturated carbocycles. The lowest BCUT2D eigenvalue weighted by Crippen LogP contribution is -2.45. The van der Waals surface area contributed by atoms with E-state index in [1.165, 1.54) is 6.20 Å². The molecule has 19 nitrogen and oxygen atoms in total. The molecule has 3 unspecified atom stereocenters. The second-order valence-corrected chi connectivity index (χ2v) is 17.4. The molecule has 366 valence electrons. The number of esters is 2. The zero-order valence-corrected chi connectivity index (χ0v) is 40.2. The number of benzene rings is 3. The first kappa shape index (κ1) is 51.9. The van der Waals surface area contributed by atoms with Crippen molar-refractivity contribution in [2.45, 2.75) is 109 Å². The number of carbonyl (C=O) groups excluding carboxylic acids is 2. The summed E-state index contributed by atoms with van der Waals surface area (Å²) in [4.78, 5) is 54.9. The van der Waals surface area contributed by atoms with Crippen LogP contribution < -0.4 is 20.7 Å². The fourth-order valence-electron chi connectivity index (χ4n) is 8.06. The third-order valence-electron chi connectivity index (χ3n) is 11.0. The first-order valence-electron chi connectivity index (χ1n) is 22.3. The minimum Gasteiger partial charge on any atom is -0.497 e. The van der Waals surface area contributed by atoms with Gasteiger partial charge in [-0.3, -0.25) is 14.3 Å². The van der Waals surface area contributed by atoms with Gasteiger partial charge >= 0.3 is 17.6 Å². The average molecular weight is 963 g/mol. The lowest BCUT2D eigenvalue weighted by molar-refractivity contribution is -0.280. The molecule has 3 heterocycles. The highest BCUT2D eigenvalue weighted by molar-refractivity contribution is 7.44. The van der Waals surface area contributed by atoms with Crippen molar-refractivity contribution in [2.75, 3.05) is 40.6 Å². The molecule has 6 rings (SSSR count). The maximum absolute atomic E-state index is 13.7. The number of aromatic nitrogens is 2. The quantitative estimate of drug-likeness (QED) is 0.0408. The first-order valence-corrected chi connectivity index (χ1v) is 23.4. The third-order valence-corrected chi connectivity index (χ3v) is 13.1. The SMILES string of the molecule is CCOC(=O)C1OC(O[C@H]2[C@@H](OP(OCCC#N)N(C(C)C)C(C)C)[C@H](COC(c3ccccc3)(c3ccc(OC)cc3)c3ccc(OC)cc3)O[C@@H]2n2ccc(=O)[nH]c2=O)OC1C(=O)OCC. The van der Waals surface area contributed by atoms with Gasteiger partial charge in [-0.15, -0.1) is 0 Å². The number of nitrogens with one attached hydrogen (secondary N) is 1. The fraction of sp³-hybridized carbons (Fsp3) is 0.479. The number of hydrogen-bond acceptors (Lipinski definition) is 17. The molecule has 3 aromatic carbocycles. The van der Waals surface area contributed by atoms with E-state index < -0.39 is 80.5 Å². The molecule has 0 spiro atoms. The van der Waals surface area contributed by atoms with Gasteiger partial charge in [0.15, 0.2) is 18.4 Å². The van der Waals surface area contributed by atoms with Crippen LogP contribution in [0.4, 0.5) is 0 Å². The van der Waals surface area contributed by atoms with Crippen LogP contribution in [0.3, 0.4) is 0 Å². The Morgan fingerprint density at radius 1 is 0.794 bits per heavy atom. The molecule has 20 heteroatoms. The minimum absolute atomic E-state index is 0.00453. The van der Waals surface area contributed by atoms with Crippen molar-refractivity contribution in [1.82, 2.24) is 14.2 Å². The second-order valence-electron chi connectivity index (χ2n) is 16.0.